The van der Waals surface area contributed by atoms with Gasteiger partial charge < -0.3 is 9.88 Å². The fraction of sp³-hybridized carbons (Fsp3) is 0.600. The van der Waals surface area contributed by atoms with Gasteiger partial charge in [0.25, 0.3) is 5.91 Å². The number of pyridine rings is 1. The van der Waals surface area contributed by atoms with Crippen LogP contribution in [0.1, 0.15) is 30.6 Å². The highest BCUT2D eigenvalue weighted by atomic mass is 16.2. The number of nitrogens with zero attached hydrogens (tertiary/aromatic N) is 2. The van der Waals surface area contributed by atoms with Crippen molar-refractivity contribution in [2.24, 2.45) is 5.92 Å². The van der Waals surface area contributed by atoms with Crippen molar-refractivity contribution >= 4 is 5.91 Å². The highest BCUT2D eigenvalue weighted by Gasteiger charge is 2.21. The number of hydrogen-bond donors (Lipinski definition) is 1. The van der Waals surface area contributed by atoms with E-state index in [-0.39, 0.29) is 11.5 Å². The molecular formula is C15H23N3O2. The Morgan fingerprint density at radius 2 is 1.95 bits per heavy atom. The number of amides is 1. The molecule has 1 aliphatic rings. The molecule has 0 spiro atoms. The van der Waals surface area contributed by atoms with Crippen LogP contribution < -0.4 is 5.56 Å². The van der Waals surface area contributed by atoms with Crippen molar-refractivity contribution in [1.82, 2.24) is 14.8 Å². The van der Waals surface area contributed by atoms with Gasteiger partial charge in [-0.1, -0.05) is 13.8 Å². The van der Waals surface area contributed by atoms with Crippen LogP contribution in [0.5, 0.6) is 0 Å². The molecule has 0 aromatic carbocycles. The second-order valence-electron chi connectivity index (χ2n) is 5.76. The van der Waals surface area contributed by atoms with Gasteiger partial charge in [-0.25, -0.2) is 0 Å². The average molecular weight is 277 g/mol. The van der Waals surface area contributed by atoms with Gasteiger partial charge in [0.1, 0.15) is 0 Å². The lowest BCUT2D eigenvalue weighted by molar-refractivity contribution is 0.0631. The molecule has 5 nitrogen and oxygen atoms in total. The van der Waals surface area contributed by atoms with Crippen LogP contribution in [0.25, 0.3) is 0 Å². The second kappa shape index (κ2) is 6.70. The standard InChI is InChI=1S/C15H23N3O2/c1-12(2)5-6-17-7-9-18(10-8-17)15(20)13-3-4-14(19)16-11-13/h3-4,11-12H,5-10H2,1-2H3,(H,16,19). The van der Waals surface area contributed by atoms with Crippen molar-refractivity contribution in [1.29, 1.82) is 0 Å². The normalized spacial score (nSPS) is 16.6. The summed E-state index contributed by atoms with van der Waals surface area (Å²) >= 11 is 0. The molecule has 1 aliphatic heterocycles. The SMILES string of the molecule is CC(C)CCN1CCN(C(=O)c2ccc(=O)[nH]c2)CC1. The lowest BCUT2D eigenvalue weighted by Crippen LogP contribution is -2.49. The fourth-order valence-electron chi connectivity index (χ4n) is 2.34. The molecule has 0 radical (unpaired) electrons. The highest BCUT2D eigenvalue weighted by molar-refractivity contribution is 5.93. The van der Waals surface area contributed by atoms with Crippen LogP contribution in [-0.4, -0.2) is 53.4 Å². The molecule has 2 heterocycles. The summed E-state index contributed by atoms with van der Waals surface area (Å²) in [6.45, 7) is 8.96. The van der Waals surface area contributed by atoms with E-state index in [1.54, 1.807) is 6.07 Å². The van der Waals surface area contributed by atoms with Gasteiger partial charge in [-0.3, -0.25) is 14.5 Å². The molecule has 2 rings (SSSR count). The van der Waals surface area contributed by atoms with Crippen molar-refractivity contribution in [2.75, 3.05) is 32.7 Å². The van der Waals surface area contributed by atoms with Crippen LogP contribution in [0, 0.1) is 5.92 Å². The Morgan fingerprint density at radius 1 is 1.25 bits per heavy atom. The van der Waals surface area contributed by atoms with Gasteiger partial charge in [-0.15, -0.1) is 0 Å². The van der Waals surface area contributed by atoms with Gasteiger partial charge in [-0.05, 0) is 24.9 Å². The molecule has 20 heavy (non-hydrogen) atoms. The topological polar surface area (TPSA) is 56.4 Å². The Balaban J connectivity index is 1.85. The van der Waals surface area contributed by atoms with E-state index in [9.17, 15) is 9.59 Å². The zero-order chi connectivity index (χ0) is 14.5. The molecule has 1 aromatic heterocycles. The van der Waals surface area contributed by atoms with E-state index in [2.05, 4.69) is 23.7 Å². The van der Waals surface area contributed by atoms with E-state index in [1.807, 2.05) is 4.90 Å². The average Bonchev–Trinajstić information content (AvgIpc) is 2.46. The molecule has 1 aromatic rings. The zero-order valence-electron chi connectivity index (χ0n) is 12.3. The summed E-state index contributed by atoms with van der Waals surface area (Å²) in [6, 6.07) is 2.98. The number of nitrogens with one attached hydrogen (secondary N) is 1. The maximum absolute atomic E-state index is 12.3. The first-order valence-corrected chi connectivity index (χ1v) is 7.26. The highest BCUT2D eigenvalue weighted by Crippen LogP contribution is 2.09. The van der Waals surface area contributed by atoms with Crippen molar-refractivity contribution in [2.45, 2.75) is 20.3 Å². The van der Waals surface area contributed by atoms with Crippen LogP contribution in [-0.2, 0) is 0 Å². The largest absolute Gasteiger partial charge is 0.336 e. The third-order valence-electron chi connectivity index (χ3n) is 3.71. The number of carbonyl (C=O) groups excluding carboxylic acids is 1. The summed E-state index contributed by atoms with van der Waals surface area (Å²) in [5, 5.41) is 0. The number of aromatic nitrogens is 1. The molecular weight excluding hydrogens is 254 g/mol. The summed E-state index contributed by atoms with van der Waals surface area (Å²) in [5.41, 5.74) is 0.375. The maximum Gasteiger partial charge on any atom is 0.255 e. The van der Waals surface area contributed by atoms with Gasteiger partial charge in [0.2, 0.25) is 5.56 Å². The molecule has 0 atom stereocenters. The molecule has 0 unspecified atom stereocenters. The first-order chi connectivity index (χ1) is 9.56. The fourth-order valence-corrected chi connectivity index (χ4v) is 2.34. The van der Waals surface area contributed by atoms with E-state index in [0.717, 1.165) is 38.6 Å². The van der Waals surface area contributed by atoms with Gasteiger partial charge in [0, 0.05) is 38.4 Å². The number of carbonyl (C=O) groups is 1. The Hall–Kier alpha value is -1.62. The molecule has 1 N–H and O–H groups in total. The third-order valence-corrected chi connectivity index (χ3v) is 3.71. The summed E-state index contributed by atoms with van der Waals surface area (Å²) in [6.07, 6.45) is 2.70. The van der Waals surface area contributed by atoms with Crippen LogP contribution in [0.4, 0.5) is 0 Å². The summed E-state index contributed by atoms with van der Waals surface area (Å²) in [7, 11) is 0. The Morgan fingerprint density at radius 3 is 2.50 bits per heavy atom. The van der Waals surface area contributed by atoms with E-state index < -0.39 is 0 Å². The molecule has 5 heteroatoms. The van der Waals surface area contributed by atoms with E-state index in [4.69, 9.17) is 0 Å². The first kappa shape index (κ1) is 14.8. The second-order valence-corrected chi connectivity index (χ2v) is 5.76. The number of piperazine rings is 1. The molecule has 1 fully saturated rings. The lowest BCUT2D eigenvalue weighted by atomic mass is 10.1. The predicted molar refractivity (Wildman–Crippen MR) is 78.9 cm³/mol. The van der Waals surface area contributed by atoms with Crippen LogP contribution in [0.2, 0.25) is 0 Å². The Labute approximate surface area is 119 Å². The van der Waals surface area contributed by atoms with Crippen molar-refractivity contribution < 1.29 is 4.79 Å². The molecule has 1 amide bonds. The summed E-state index contributed by atoms with van der Waals surface area (Å²) in [4.78, 5) is 30.1. The number of aromatic amines is 1. The third kappa shape index (κ3) is 3.93. The first-order valence-electron chi connectivity index (χ1n) is 7.26. The Kier molecular flexibility index (Phi) is 4.95. The lowest BCUT2D eigenvalue weighted by Gasteiger charge is -2.35. The molecule has 0 saturated carbocycles. The molecule has 0 aliphatic carbocycles. The number of hydrogen-bond acceptors (Lipinski definition) is 3. The van der Waals surface area contributed by atoms with Gasteiger partial charge in [0.05, 0.1) is 5.56 Å². The quantitative estimate of drug-likeness (QED) is 0.899. The van der Waals surface area contributed by atoms with Crippen LogP contribution >= 0.6 is 0 Å². The summed E-state index contributed by atoms with van der Waals surface area (Å²) in [5.74, 6) is 0.723. The minimum atomic E-state index is -0.181. The van der Waals surface area contributed by atoms with Crippen molar-refractivity contribution in [3.8, 4) is 0 Å². The molecule has 110 valence electrons. The van der Waals surface area contributed by atoms with E-state index in [0.29, 0.717) is 5.56 Å². The Bertz CT molecular complexity index is 482. The predicted octanol–water partition coefficient (Wildman–Crippen LogP) is 1.18. The minimum absolute atomic E-state index is 0.00441. The maximum atomic E-state index is 12.3. The molecule has 0 bridgehead atoms. The van der Waals surface area contributed by atoms with Crippen LogP contribution in [0.15, 0.2) is 23.1 Å². The number of rotatable bonds is 4. The van der Waals surface area contributed by atoms with E-state index >= 15 is 0 Å². The number of H-pyrrole nitrogens is 1. The van der Waals surface area contributed by atoms with Crippen molar-refractivity contribution in [3.63, 3.8) is 0 Å². The summed E-state index contributed by atoms with van der Waals surface area (Å²) < 4.78 is 0. The monoisotopic (exact) mass is 277 g/mol. The van der Waals surface area contributed by atoms with Gasteiger partial charge >= 0.3 is 0 Å². The van der Waals surface area contributed by atoms with Crippen LogP contribution in [0.3, 0.4) is 0 Å². The van der Waals surface area contributed by atoms with Crippen molar-refractivity contribution in [3.05, 3.63) is 34.2 Å². The van der Waals surface area contributed by atoms with Gasteiger partial charge in [0.15, 0.2) is 0 Å². The minimum Gasteiger partial charge on any atom is -0.336 e. The zero-order valence-corrected chi connectivity index (χ0v) is 12.3. The van der Waals surface area contributed by atoms with Gasteiger partial charge in [-0.2, -0.15) is 0 Å². The molecule has 1 saturated heterocycles. The smallest absolute Gasteiger partial charge is 0.255 e. The van der Waals surface area contributed by atoms with E-state index in [1.165, 1.54) is 18.7 Å².